The summed E-state index contributed by atoms with van der Waals surface area (Å²) in [6, 6.07) is 24.4. The first-order valence-electron chi connectivity index (χ1n) is 11.5. The highest BCUT2D eigenvalue weighted by molar-refractivity contribution is 9.10. The van der Waals surface area contributed by atoms with Crippen LogP contribution in [0.25, 0.3) is 16.8 Å². The minimum absolute atomic E-state index is 0.0875. The fraction of sp³-hybridized carbons (Fsp3) is 0.100. The van der Waals surface area contributed by atoms with E-state index in [-0.39, 0.29) is 5.57 Å². The van der Waals surface area contributed by atoms with Gasteiger partial charge in [-0.1, -0.05) is 81.7 Å². The third kappa shape index (κ3) is 4.60. The summed E-state index contributed by atoms with van der Waals surface area (Å²) in [7, 11) is 0. The number of amides is 4. The highest BCUT2D eigenvalue weighted by Crippen LogP contribution is 2.30. The molecule has 178 valence electrons. The molecule has 0 saturated carbocycles. The Kier molecular flexibility index (Phi) is 6.29. The first-order chi connectivity index (χ1) is 17.3. The maximum atomic E-state index is 13.5. The molecule has 0 radical (unpaired) electrons. The summed E-state index contributed by atoms with van der Waals surface area (Å²) in [5.74, 6) is -1.36. The summed E-state index contributed by atoms with van der Waals surface area (Å²) in [4.78, 5) is 40.0. The van der Waals surface area contributed by atoms with E-state index in [4.69, 9.17) is 0 Å². The molecule has 4 aromatic carbocycles. The minimum atomic E-state index is -0.766. The fourth-order valence-electron chi connectivity index (χ4n) is 4.68. The van der Waals surface area contributed by atoms with Crippen LogP contribution in [0.4, 0.5) is 10.5 Å². The second-order valence-electron chi connectivity index (χ2n) is 8.97. The van der Waals surface area contributed by atoms with Gasteiger partial charge in [0.25, 0.3) is 11.8 Å². The third-order valence-corrected chi connectivity index (χ3v) is 6.74. The number of carbonyl (C=O) groups excluding carboxylic acids is 3. The topological polar surface area (TPSA) is 66.5 Å². The molecule has 4 amide bonds. The van der Waals surface area contributed by atoms with Crippen LogP contribution in [0.15, 0.2) is 88.9 Å². The fourth-order valence-corrected chi connectivity index (χ4v) is 4.95. The molecule has 5 nitrogen and oxygen atoms in total. The molecule has 0 bridgehead atoms. The van der Waals surface area contributed by atoms with E-state index in [2.05, 4.69) is 59.4 Å². The van der Waals surface area contributed by atoms with E-state index in [1.54, 1.807) is 30.3 Å². The monoisotopic (exact) mass is 538 g/mol. The third-order valence-electron chi connectivity index (χ3n) is 6.21. The number of rotatable bonds is 4. The molecule has 1 aliphatic heterocycles. The molecule has 1 aliphatic rings. The Morgan fingerprint density at radius 2 is 1.56 bits per heavy atom. The summed E-state index contributed by atoms with van der Waals surface area (Å²) in [5.41, 5.74) is 5.57. The Balaban J connectivity index is 1.64. The maximum Gasteiger partial charge on any atom is 0.335 e. The van der Waals surface area contributed by atoms with Gasteiger partial charge in [-0.3, -0.25) is 14.9 Å². The van der Waals surface area contributed by atoms with Gasteiger partial charge in [-0.25, -0.2) is 9.69 Å². The number of carbonyl (C=O) groups is 3. The number of imide groups is 2. The molecular formula is C30H23BrN2O3. The average molecular weight is 539 g/mol. The predicted molar refractivity (Wildman–Crippen MR) is 146 cm³/mol. The van der Waals surface area contributed by atoms with Gasteiger partial charge in [-0.15, -0.1) is 0 Å². The lowest BCUT2D eigenvalue weighted by Gasteiger charge is -2.26. The molecule has 4 aromatic rings. The number of halogens is 1. The number of aryl methyl sites for hydroxylation is 2. The molecule has 0 atom stereocenters. The lowest BCUT2D eigenvalue weighted by Crippen LogP contribution is -2.54. The number of anilines is 1. The standard InChI is InChI=1S/C30H23BrN2O3/c1-18-13-19(2)15-20(14-18)16-22-8-7-21-5-3-4-6-25(21)26(22)17-27-28(34)32-30(36)33(29(27)35)24-11-9-23(31)10-12-24/h3-15,17H,16H2,1-2H3,(H,32,34,36)/b27-17+. The molecule has 5 rings (SSSR count). The Hall–Kier alpha value is -4.03. The van der Waals surface area contributed by atoms with Crippen molar-refractivity contribution >= 4 is 56.3 Å². The zero-order chi connectivity index (χ0) is 25.4. The van der Waals surface area contributed by atoms with Crippen molar-refractivity contribution in [2.75, 3.05) is 4.90 Å². The largest absolute Gasteiger partial charge is 0.335 e. The summed E-state index contributed by atoms with van der Waals surface area (Å²) < 4.78 is 0.815. The number of urea groups is 1. The van der Waals surface area contributed by atoms with Gasteiger partial charge >= 0.3 is 6.03 Å². The van der Waals surface area contributed by atoms with Crippen LogP contribution in [0.1, 0.15) is 27.8 Å². The van der Waals surface area contributed by atoms with Gasteiger partial charge in [0.1, 0.15) is 5.57 Å². The number of fused-ring (bicyclic) bond motifs is 1. The van der Waals surface area contributed by atoms with Gasteiger partial charge in [0.2, 0.25) is 0 Å². The zero-order valence-electron chi connectivity index (χ0n) is 19.8. The Labute approximate surface area is 217 Å². The second-order valence-corrected chi connectivity index (χ2v) is 9.88. The van der Waals surface area contributed by atoms with Crippen LogP contribution in [0, 0.1) is 13.8 Å². The van der Waals surface area contributed by atoms with Crippen molar-refractivity contribution in [3.63, 3.8) is 0 Å². The van der Waals surface area contributed by atoms with Crippen LogP contribution in [-0.4, -0.2) is 17.8 Å². The van der Waals surface area contributed by atoms with Crippen LogP contribution in [-0.2, 0) is 16.0 Å². The number of hydrogen-bond donors (Lipinski definition) is 1. The predicted octanol–water partition coefficient (Wildman–Crippen LogP) is 6.48. The molecule has 0 aliphatic carbocycles. The smallest absolute Gasteiger partial charge is 0.273 e. The summed E-state index contributed by atoms with van der Waals surface area (Å²) in [5, 5.41) is 4.25. The first-order valence-corrected chi connectivity index (χ1v) is 12.3. The molecule has 1 N–H and O–H groups in total. The molecule has 1 heterocycles. The molecule has 1 fully saturated rings. The van der Waals surface area contributed by atoms with E-state index in [0.717, 1.165) is 36.8 Å². The van der Waals surface area contributed by atoms with Gasteiger partial charge in [-0.05, 0) is 78.1 Å². The minimum Gasteiger partial charge on any atom is -0.273 e. The van der Waals surface area contributed by atoms with Crippen LogP contribution >= 0.6 is 15.9 Å². The van der Waals surface area contributed by atoms with Gasteiger partial charge in [0.05, 0.1) is 5.69 Å². The Bertz CT molecular complexity index is 1550. The van der Waals surface area contributed by atoms with Crippen molar-refractivity contribution in [3.05, 3.63) is 117 Å². The SMILES string of the molecule is Cc1cc(C)cc(Cc2ccc3ccccc3c2/C=C2\C(=O)NC(=O)N(c3ccc(Br)cc3)C2=O)c1. The molecule has 0 aromatic heterocycles. The van der Waals surface area contributed by atoms with Gasteiger partial charge in [0, 0.05) is 4.47 Å². The summed E-state index contributed by atoms with van der Waals surface area (Å²) >= 11 is 3.36. The number of hydrogen-bond acceptors (Lipinski definition) is 3. The van der Waals surface area contributed by atoms with Gasteiger partial charge in [0.15, 0.2) is 0 Å². The quantitative estimate of drug-likeness (QED) is 0.239. The van der Waals surface area contributed by atoms with Crippen molar-refractivity contribution in [1.82, 2.24) is 5.32 Å². The van der Waals surface area contributed by atoms with Crippen LogP contribution < -0.4 is 10.2 Å². The van der Waals surface area contributed by atoms with Crippen molar-refractivity contribution in [2.24, 2.45) is 0 Å². The first kappa shape index (κ1) is 23.7. The normalized spacial score (nSPS) is 15.0. The van der Waals surface area contributed by atoms with Crippen molar-refractivity contribution < 1.29 is 14.4 Å². The average Bonchev–Trinajstić information content (AvgIpc) is 2.83. The Morgan fingerprint density at radius 1 is 0.861 bits per heavy atom. The molecular weight excluding hydrogens is 516 g/mol. The van der Waals surface area contributed by atoms with Crippen molar-refractivity contribution in [1.29, 1.82) is 0 Å². The molecule has 0 spiro atoms. The van der Waals surface area contributed by atoms with E-state index in [1.807, 2.05) is 30.3 Å². The molecule has 0 unspecified atom stereocenters. The van der Waals surface area contributed by atoms with Gasteiger partial charge in [-0.2, -0.15) is 0 Å². The number of benzene rings is 4. The van der Waals surface area contributed by atoms with E-state index in [0.29, 0.717) is 12.1 Å². The maximum absolute atomic E-state index is 13.5. The number of nitrogens with zero attached hydrogens (tertiary/aromatic N) is 1. The highest BCUT2D eigenvalue weighted by atomic mass is 79.9. The van der Waals surface area contributed by atoms with Crippen LogP contribution in [0.5, 0.6) is 0 Å². The lowest BCUT2D eigenvalue weighted by atomic mass is 9.91. The zero-order valence-corrected chi connectivity index (χ0v) is 21.4. The van der Waals surface area contributed by atoms with E-state index in [9.17, 15) is 14.4 Å². The van der Waals surface area contributed by atoms with E-state index < -0.39 is 17.8 Å². The summed E-state index contributed by atoms with van der Waals surface area (Å²) in [6.45, 7) is 4.14. The van der Waals surface area contributed by atoms with Crippen molar-refractivity contribution in [3.8, 4) is 0 Å². The molecule has 36 heavy (non-hydrogen) atoms. The molecule has 1 saturated heterocycles. The molecule has 6 heteroatoms. The second kappa shape index (κ2) is 9.55. The van der Waals surface area contributed by atoms with E-state index >= 15 is 0 Å². The summed E-state index contributed by atoms with van der Waals surface area (Å²) in [6.07, 6.45) is 2.26. The van der Waals surface area contributed by atoms with E-state index in [1.165, 1.54) is 11.1 Å². The highest BCUT2D eigenvalue weighted by Gasteiger charge is 2.37. The Morgan fingerprint density at radius 3 is 2.28 bits per heavy atom. The number of barbiturate groups is 1. The van der Waals surface area contributed by atoms with Gasteiger partial charge < -0.3 is 0 Å². The lowest BCUT2D eigenvalue weighted by molar-refractivity contribution is -0.122. The van der Waals surface area contributed by atoms with Crippen LogP contribution in [0.3, 0.4) is 0 Å². The number of nitrogens with one attached hydrogen (secondary N) is 1. The van der Waals surface area contributed by atoms with Crippen molar-refractivity contribution in [2.45, 2.75) is 20.3 Å². The van der Waals surface area contributed by atoms with Crippen LogP contribution in [0.2, 0.25) is 0 Å².